The summed E-state index contributed by atoms with van der Waals surface area (Å²) in [5.74, 6) is 3.57. The highest BCUT2D eigenvalue weighted by molar-refractivity contribution is 7.99. The van der Waals surface area contributed by atoms with Gasteiger partial charge in [0.2, 0.25) is 0 Å². The van der Waals surface area contributed by atoms with E-state index >= 15 is 0 Å². The van der Waals surface area contributed by atoms with Crippen molar-refractivity contribution in [2.24, 2.45) is 0 Å². The Morgan fingerprint density at radius 1 is 1.17 bits per heavy atom. The SMILES string of the molecule is CCN(CC)CCSCCCS. The highest BCUT2D eigenvalue weighted by atomic mass is 32.2. The predicted molar refractivity (Wildman–Crippen MR) is 63.6 cm³/mol. The molecular formula is C9H21NS2. The number of thioether (sulfide) groups is 1. The maximum Gasteiger partial charge on any atom is 0.00721 e. The maximum atomic E-state index is 4.18. The van der Waals surface area contributed by atoms with Gasteiger partial charge in [0.15, 0.2) is 0 Å². The molecule has 0 bridgehead atoms. The minimum absolute atomic E-state index is 1.03. The van der Waals surface area contributed by atoms with E-state index in [-0.39, 0.29) is 0 Å². The minimum atomic E-state index is 1.03. The molecule has 0 aliphatic rings. The fourth-order valence-corrected chi connectivity index (χ4v) is 2.31. The number of hydrogen-bond donors (Lipinski definition) is 1. The Bertz CT molecular complexity index is 84.6. The lowest BCUT2D eigenvalue weighted by Crippen LogP contribution is -2.25. The lowest BCUT2D eigenvalue weighted by atomic mass is 10.5. The van der Waals surface area contributed by atoms with E-state index in [1.165, 1.54) is 37.6 Å². The van der Waals surface area contributed by atoms with Crippen LogP contribution in [0.25, 0.3) is 0 Å². The van der Waals surface area contributed by atoms with Crippen LogP contribution in [0.4, 0.5) is 0 Å². The van der Waals surface area contributed by atoms with E-state index in [0.717, 1.165) is 5.75 Å². The second kappa shape index (κ2) is 9.75. The number of hydrogen-bond acceptors (Lipinski definition) is 3. The highest BCUT2D eigenvalue weighted by Crippen LogP contribution is 2.03. The Labute approximate surface area is 86.7 Å². The second-order valence-corrected chi connectivity index (χ2v) is 4.39. The molecule has 1 nitrogen and oxygen atoms in total. The molecule has 0 unspecified atom stereocenters. The molecule has 0 aromatic rings. The molecule has 0 aliphatic carbocycles. The quantitative estimate of drug-likeness (QED) is 0.481. The van der Waals surface area contributed by atoms with Crippen molar-refractivity contribution in [3.05, 3.63) is 0 Å². The van der Waals surface area contributed by atoms with Gasteiger partial charge in [0.1, 0.15) is 0 Å². The van der Waals surface area contributed by atoms with Crippen LogP contribution in [0.15, 0.2) is 0 Å². The molecule has 0 aromatic carbocycles. The van der Waals surface area contributed by atoms with Gasteiger partial charge in [-0.1, -0.05) is 13.8 Å². The molecule has 0 saturated heterocycles. The van der Waals surface area contributed by atoms with Gasteiger partial charge in [-0.05, 0) is 31.0 Å². The van der Waals surface area contributed by atoms with E-state index in [1.54, 1.807) is 0 Å². The van der Waals surface area contributed by atoms with Crippen LogP contribution in [0.1, 0.15) is 20.3 Å². The summed E-state index contributed by atoms with van der Waals surface area (Å²) in [5, 5.41) is 0. The minimum Gasteiger partial charge on any atom is -0.303 e. The molecule has 0 N–H and O–H groups in total. The molecule has 0 aliphatic heterocycles. The Balaban J connectivity index is 3.06. The standard InChI is InChI=1S/C9H21NS2/c1-3-10(4-2)6-9-12-8-5-7-11/h11H,3-9H2,1-2H3. The average molecular weight is 207 g/mol. The van der Waals surface area contributed by atoms with Gasteiger partial charge in [-0.2, -0.15) is 24.4 Å². The van der Waals surface area contributed by atoms with E-state index in [0.29, 0.717) is 0 Å². The first-order chi connectivity index (χ1) is 5.85. The van der Waals surface area contributed by atoms with E-state index in [4.69, 9.17) is 0 Å². The first-order valence-electron chi connectivity index (χ1n) is 4.76. The van der Waals surface area contributed by atoms with Gasteiger partial charge in [0.05, 0.1) is 0 Å². The van der Waals surface area contributed by atoms with Gasteiger partial charge in [0, 0.05) is 12.3 Å². The summed E-state index contributed by atoms with van der Waals surface area (Å²) in [5.41, 5.74) is 0. The second-order valence-electron chi connectivity index (χ2n) is 2.72. The molecular weight excluding hydrogens is 186 g/mol. The predicted octanol–water partition coefficient (Wildman–Crippen LogP) is 2.38. The van der Waals surface area contributed by atoms with E-state index in [9.17, 15) is 0 Å². The summed E-state index contributed by atoms with van der Waals surface area (Å²) < 4.78 is 0. The molecule has 0 spiro atoms. The first kappa shape index (κ1) is 12.7. The van der Waals surface area contributed by atoms with Gasteiger partial charge in [-0.3, -0.25) is 0 Å². The van der Waals surface area contributed by atoms with Crippen molar-refractivity contribution >= 4 is 24.4 Å². The van der Waals surface area contributed by atoms with Crippen molar-refractivity contribution in [3.63, 3.8) is 0 Å². The van der Waals surface area contributed by atoms with Crippen LogP contribution in [-0.4, -0.2) is 41.8 Å². The third-order valence-corrected chi connectivity index (χ3v) is 3.26. The van der Waals surface area contributed by atoms with Crippen molar-refractivity contribution in [2.45, 2.75) is 20.3 Å². The van der Waals surface area contributed by atoms with Gasteiger partial charge in [-0.25, -0.2) is 0 Å². The molecule has 0 amide bonds. The topological polar surface area (TPSA) is 3.24 Å². The van der Waals surface area contributed by atoms with Crippen LogP contribution in [0, 0.1) is 0 Å². The molecule has 0 fully saturated rings. The Hall–Kier alpha value is 0.660. The van der Waals surface area contributed by atoms with Gasteiger partial charge < -0.3 is 4.90 Å². The third kappa shape index (κ3) is 7.32. The summed E-state index contributed by atoms with van der Waals surface area (Å²) >= 11 is 6.22. The summed E-state index contributed by atoms with van der Waals surface area (Å²) in [6, 6.07) is 0. The van der Waals surface area contributed by atoms with Crippen LogP contribution >= 0.6 is 24.4 Å². The summed E-state index contributed by atoms with van der Waals surface area (Å²) in [6.07, 6.45) is 1.24. The largest absolute Gasteiger partial charge is 0.303 e. The monoisotopic (exact) mass is 207 g/mol. The summed E-state index contributed by atoms with van der Waals surface area (Å²) in [6.45, 7) is 8.06. The molecule has 0 radical (unpaired) electrons. The fourth-order valence-electron chi connectivity index (χ4n) is 1.00. The van der Waals surface area contributed by atoms with Crippen LogP contribution < -0.4 is 0 Å². The molecule has 0 aromatic heterocycles. The average Bonchev–Trinajstić information content (AvgIpc) is 2.11. The Morgan fingerprint density at radius 3 is 2.33 bits per heavy atom. The highest BCUT2D eigenvalue weighted by Gasteiger charge is 1.97. The molecule has 3 heteroatoms. The van der Waals surface area contributed by atoms with Crippen molar-refractivity contribution in [2.75, 3.05) is 36.9 Å². The summed E-state index contributed by atoms with van der Waals surface area (Å²) in [7, 11) is 0. The molecule has 74 valence electrons. The van der Waals surface area contributed by atoms with Gasteiger partial charge in [-0.15, -0.1) is 0 Å². The number of rotatable bonds is 8. The van der Waals surface area contributed by atoms with Crippen molar-refractivity contribution < 1.29 is 0 Å². The van der Waals surface area contributed by atoms with Crippen molar-refractivity contribution in [1.29, 1.82) is 0 Å². The van der Waals surface area contributed by atoms with Crippen LogP contribution in [0.2, 0.25) is 0 Å². The Kier molecular flexibility index (Phi) is 10.3. The normalized spacial score (nSPS) is 11.0. The van der Waals surface area contributed by atoms with E-state index < -0.39 is 0 Å². The van der Waals surface area contributed by atoms with E-state index in [1.807, 2.05) is 11.8 Å². The molecule has 12 heavy (non-hydrogen) atoms. The van der Waals surface area contributed by atoms with E-state index in [2.05, 4.69) is 31.4 Å². The lowest BCUT2D eigenvalue weighted by Gasteiger charge is -2.17. The van der Waals surface area contributed by atoms with Crippen LogP contribution in [-0.2, 0) is 0 Å². The fraction of sp³-hybridized carbons (Fsp3) is 1.00. The zero-order chi connectivity index (χ0) is 9.23. The smallest absolute Gasteiger partial charge is 0.00721 e. The van der Waals surface area contributed by atoms with Crippen molar-refractivity contribution in [3.8, 4) is 0 Å². The van der Waals surface area contributed by atoms with Gasteiger partial charge >= 0.3 is 0 Å². The Morgan fingerprint density at radius 2 is 1.83 bits per heavy atom. The van der Waals surface area contributed by atoms with Crippen molar-refractivity contribution in [1.82, 2.24) is 4.90 Å². The molecule has 0 atom stereocenters. The molecule has 0 saturated carbocycles. The lowest BCUT2D eigenvalue weighted by molar-refractivity contribution is 0.324. The number of nitrogens with zero attached hydrogens (tertiary/aromatic N) is 1. The third-order valence-electron chi connectivity index (χ3n) is 1.89. The first-order valence-corrected chi connectivity index (χ1v) is 6.54. The van der Waals surface area contributed by atoms with Crippen LogP contribution in [0.3, 0.4) is 0 Å². The zero-order valence-corrected chi connectivity index (χ0v) is 9.96. The van der Waals surface area contributed by atoms with Gasteiger partial charge in [0.25, 0.3) is 0 Å². The summed E-state index contributed by atoms with van der Waals surface area (Å²) in [4.78, 5) is 2.47. The molecule has 0 rings (SSSR count). The maximum absolute atomic E-state index is 4.18. The zero-order valence-electron chi connectivity index (χ0n) is 8.25. The molecule has 0 heterocycles. The number of thiol groups is 1. The van der Waals surface area contributed by atoms with Crippen LogP contribution in [0.5, 0.6) is 0 Å².